The molecule has 2 amide bonds. The van der Waals surface area contributed by atoms with E-state index in [1.807, 2.05) is 27.7 Å². The van der Waals surface area contributed by atoms with Crippen molar-refractivity contribution in [1.29, 1.82) is 5.26 Å². The molecular weight excluding hydrogens is 351 g/mol. The molecule has 0 radical (unpaired) electrons. The minimum absolute atomic E-state index is 0.126. The van der Waals surface area contributed by atoms with Gasteiger partial charge in [0.25, 0.3) is 0 Å². The zero-order valence-corrected chi connectivity index (χ0v) is 15.2. The van der Waals surface area contributed by atoms with Gasteiger partial charge in [-0.3, -0.25) is 4.90 Å². The van der Waals surface area contributed by atoms with E-state index in [-0.39, 0.29) is 17.0 Å². The minimum Gasteiger partial charge on any atom is -0.308 e. The molecule has 0 aliphatic carbocycles. The van der Waals surface area contributed by atoms with E-state index in [0.717, 1.165) is 12.1 Å². The summed E-state index contributed by atoms with van der Waals surface area (Å²) in [4.78, 5) is 14.2. The number of anilines is 1. The first-order chi connectivity index (χ1) is 11.5. The Morgan fingerprint density at radius 3 is 2.32 bits per heavy atom. The molecule has 1 aliphatic rings. The van der Waals surface area contributed by atoms with E-state index in [0.29, 0.717) is 0 Å². The Morgan fingerprint density at radius 2 is 1.88 bits per heavy atom. The van der Waals surface area contributed by atoms with Gasteiger partial charge >= 0.3 is 12.2 Å². The third kappa shape index (κ3) is 4.03. The molecule has 0 spiro atoms. The Labute approximate surface area is 149 Å². The van der Waals surface area contributed by atoms with E-state index in [2.05, 4.69) is 11.4 Å². The molecular formula is C17H20F3N3OS. The van der Waals surface area contributed by atoms with Crippen molar-refractivity contribution >= 4 is 23.5 Å². The number of nitriles is 1. The fraction of sp³-hybridized carbons (Fsp3) is 0.529. The van der Waals surface area contributed by atoms with Crippen LogP contribution < -0.4 is 5.32 Å². The summed E-state index contributed by atoms with van der Waals surface area (Å²) < 4.78 is 37.4. The number of carbonyl (C=O) groups excluding carboxylic acids is 1. The monoisotopic (exact) mass is 371 g/mol. The third-order valence-electron chi connectivity index (χ3n) is 4.03. The third-order valence-corrected chi connectivity index (χ3v) is 5.87. The maximum absolute atomic E-state index is 12.7. The van der Waals surface area contributed by atoms with E-state index in [4.69, 9.17) is 0 Å². The molecule has 0 aromatic heterocycles. The largest absolute Gasteiger partial charge is 0.416 e. The van der Waals surface area contributed by atoms with Gasteiger partial charge in [-0.25, -0.2) is 4.79 Å². The molecule has 0 saturated carbocycles. The van der Waals surface area contributed by atoms with Gasteiger partial charge in [-0.1, -0.05) is 13.8 Å². The lowest BCUT2D eigenvalue weighted by atomic mass is 10.0. The van der Waals surface area contributed by atoms with E-state index in [1.54, 1.807) is 11.8 Å². The maximum Gasteiger partial charge on any atom is 0.416 e. The second-order valence-electron chi connectivity index (χ2n) is 6.80. The molecule has 1 N–H and O–H groups in total. The first kappa shape index (κ1) is 19.4. The molecule has 2 atom stereocenters. The number of hydrogen-bond donors (Lipinski definition) is 1. The Balaban J connectivity index is 2.22. The van der Waals surface area contributed by atoms with Crippen molar-refractivity contribution in [2.75, 3.05) is 5.32 Å². The van der Waals surface area contributed by atoms with Crippen LogP contribution in [0.2, 0.25) is 0 Å². The SMILES string of the molecule is CC(C)C1SC(C)(C)C(C#N)N1C(=O)Nc1ccc(C(F)(F)F)cc1. The first-order valence-electron chi connectivity index (χ1n) is 7.81. The van der Waals surface area contributed by atoms with Crippen LogP contribution in [-0.4, -0.2) is 27.1 Å². The Morgan fingerprint density at radius 1 is 1.32 bits per heavy atom. The predicted molar refractivity (Wildman–Crippen MR) is 92.0 cm³/mol. The molecule has 0 bridgehead atoms. The highest BCUT2D eigenvalue weighted by molar-refractivity contribution is 8.01. The normalized spacial score (nSPS) is 22.8. The molecule has 25 heavy (non-hydrogen) atoms. The Hall–Kier alpha value is -1.88. The second kappa shape index (κ2) is 6.79. The van der Waals surface area contributed by atoms with Gasteiger partial charge in [0, 0.05) is 10.4 Å². The molecule has 136 valence electrons. The molecule has 4 nitrogen and oxygen atoms in total. The molecule has 1 aliphatic heterocycles. The van der Waals surface area contributed by atoms with Gasteiger partial charge in [-0.15, -0.1) is 11.8 Å². The van der Waals surface area contributed by atoms with Gasteiger partial charge in [0.1, 0.15) is 6.04 Å². The van der Waals surface area contributed by atoms with Crippen molar-refractivity contribution in [1.82, 2.24) is 4.90 Å². The molecule has 2 rings (SSSR count). The number of carbonyl (C=O) groups is 1. The molecule has 1 saturated heterocycles. The van der Waals surface area contributed by atoms with Crippen molar-refractivity contribution < 1.29 is 18.0 Å². The molecule has 1 fully saturated rings. The van der Waals surface area contributed by atoms with Crippen molar-refractivity contribution in [3.8, 4) is 6.07 Å². The fourth-order valence-corrected chi connectivity index (χ4v) is 4.27. The molecule has 8 heteroatoms. The van der Waals surface area contributed by atoms with E-state index in [1.165, 1.54) is 17.0 Å². The van der Waals surface area contributed by atoms with Crippen LogP contribution >= 0.6 is 11.8 Å². The van der Waals surface area contributed by atoms with Crippen LogP contribution in [0.5, 0.6) is 0 Å². The Kier molecular flexibility index (Phi) is 5.28. The van der Waals surface area contributed by atoms with Gasteiger partial charge < -0.3 is 5.32 Å². The standard InChI is InChI=1S/C17H20F3N3OS/c1-10(2)14-23(13(9-21)16(3,4)25-14)15(24)22-12-7-5-11(6-8-12)17(18,19)20/h5-8,10,13-14H,1-4H3,(H,22,24). The quantitative estimate of drug-likeness (QED) is 0.801. The highest BCUT2D eigenvalue weighted by Gasteiger charge is 2.50. The number of nitrogens with zero attached hydrogens (tertiary/aromatic N) is 2. The van der Waals surface area contributed by atoms with Crippen LogP contribution in [-0.2, 0) is 6.18 Å². The smallest absolute Gasteiger partial charge is 0.308 e. The highest BCUT2D eigenvalue weighted by atomic mass is 32.2. The van der Waals surface area contributed by atoms with Crippen LogP contribution in [0.1, 0.15) is 33.3 Å². The predicted octanol–water partition coefficient (Wildman–Crippen LogP) is 4.94. The summed E-state index contributed by atoms with van der Waals surface area (Å²) >= 11 is 1.56. The summed E-state index contributed by atoms with van der Waals surface area (Å²) in [7, 11) is 0. The lowest BCUT2D eigenvalue weighted by molar-refractivity contribution is -0.137. The van der Waals surface area contributed by atoms with Gasteiger partial charge in [0.15, 0.2) is 0 Å². The summed E-state index contributed by atoms with van der Waals surface area (Å²) in [6.45, 7) is 7.75. The fourth-order valence-electron chi connectivity index (χ4n) is 2.75. The van der Waals surface area contributed by atoms with Crippen LogP contribution in [0, 0.1) is 17.2 Å². The van der Waals surface area contributed by atoms with Gasteiger partial charge in [0.2, 0.25) is 0 Å². The average Bonchev–Trinajstić information content (AvgIpc) is 2.77. The highest BCUT2D eigenvalue weighted by Crippen LogP contribution is 2.46. The van der Waals surface area contributed by atoms with E-state index in [9.17, 15) is 23.2 Å². The van der Waals surface area contributed by atoms with Crippen LogP contribution in [0.3, 0.4) is 0 Å². The maximum atomic E-state index is 12.7. The van der Waals surface area contributed by atoms with E-state index >= 15 is 0 Å². The zero-order chi connectivity index (χ0) is 19.0. The second-order valence-corrected chi connectivity index (χ2v) is 8.57. The number of thioether (sulfide) groups is 1. The summed E-state index contributed by atoms with van der Waals surface area (Å²) in [6, 6.07) is 5.32. The number of halogens is 3. The number of benzene rings is 1. The zero-order valence-electron chi connectivity index (χ0n) is 14.4. The van der Waals surface area contributed by atoms with Crippen LogP contribution in [0.25, 0.3) is 0 Å². The summed E-state index contributed by atoms with van der Waals surface area (Å²) in [6.07, 6.45) is -4.42. The molecule has 1 aromatic carbocycles. The number of urea groups is 1. The van der Waals surface area contributed by atoms with Crippen molar-refractivity contribution in [3.05, 3.63) is 29.8 Å². The lowest BCUT2D eigenvalue weighted by Crippen LogP contribution is -2.48. The molecule has 1 aromatic rings. The summed E-state index contributed by atoms with van der Waals surface area (Å²) in [5.74, 6) is 0.126. The van der Waals surface area contributed by atoms with Gasteiger partial charge in [-0.05, 0) is 44.0 Å². The lowest BCUT2D eigenvalue weighted by Gasteiger charge is -2.29. The van der Waals surface area contributed by atoms with E-state index < -0.39 is 28.6 Å². The van der Waals surface area contributed by atoms with Crippen molar-refractivity contribution in [2.45, 2.75) is 50.0 Å². The van der Waals surface area contributed by atoms with Gasteiger partial charge in [0.05, 0.1) is 17.0 Å². The number of nitrogens with one attached hydrogen (secondary N) is 1. The summed E-state index contributed by atoms with van der Waals surface area (Å²) in [5.41, 5.74) is -0.523. The Bertz CT molecular complexity index is 680. The first-order valence-corrected chi connectivity index (χ1v) is 8.69. The number of alkyl halides is 3. The minimum atomic E-state index is -4.42. The summed E-state index contributed by atoms with van der Waals surface area (Å²) in [5, 5.41) is 11.9. The number of hydrogen-bond acceptors (Lipinski definition) is 3. The van der Waals surface area contributed by atoms with Crippen LogP contribution in [0.15, 0.2) is 24.3 Å². The topological polar surface area (TPSA) is 56.1 Å². The van der Waals surface area contributed by atoms with Crippen molar-refractivity contribution in [2.24, 2.45) is 5.92 Å². The number of rotatable bonds is 2. The van der Waals surface area contributed by atoms with Crippen molar-refractivity contribution in [3.63, 3.8) is 0 Å². The molecule has 1 heterocycles. The van der Waals surface area contributed by atoms with Gasteiger partial charge in [-0.2, -0.15) is 18.4 Å². The average molecular weight is 371 g/mol. The van der Waals surface area contributed by atoms with Crippen LogP contribution in [0.4, 0.5) is 23.7 Å². The number of amides is 2. The molecule has 2 unspecified atom stereocenters.